The van der Waals surface area contributed by atoms with Crippen molar-refractivity contribution in [3.63, 3.8) is 0 Å². The van der Waals surface area contributed by atoms with E-state index in [-0.39, 0.29) is 11.1 Å². The highest BCUT2D eigenvalue weighted by atomic mass is 32.2. The Hall–Kier alpha value is -0.540. The predicted octanol–water partition coefficient (Wildman–Crippen LogP) is 3.44. The molecule has 1 aromatic carbocycles. The van der Waals surface area contributed by atoms with Crippen molar-refractivity contribution in [1.82, 2.24) is 0 Å². The highest BCUT2D eigenvalue weighted by molar-refractivity contribution is 7.99. The Bertz CT molecular complexity index is 403. The van der Waals surface area contributed by atoms with Crippen LogP contribution in [0.1, 0.15) is 36.6 Å². The monoisotopic (exact) mass is 240 g/mol. The van der Waals surface area contributed by atoms with Crippen LogP contribution in [0.25, 0.3) is 0 Å². The van der Waals surface area contributed by atoms with Crippen molar-refractivity contribution in [2.45, 2.75) is 37.9 Å². The number of halogens is 1. The molecule has 16 heavy (non-hydrogen) atoms. The number of thioether (sulfide) groups is 1. The van der Waals surface area contributed by atoms with Gasteiger partial charge in [-0.3, -0.25) is 0 Å². The molecule has 2 atom stereocenters. The van der Waals surface area contributed by atoms with Gasteiger partial charge in [0.2, 0.25) is 0 Å². The van der Waals surface area contributed by atoms with Crippen LogP contribution >= 0.6 is 11.8 Å². The molecule has 1 heterocycles. The standard InChI is InChI=1S/C13H17FOS/c1-7(2)13-12(15)10-5-9(14)4-8(3)11(10)6-16-13/h4-5,7,12-13,15H,6H2,1-3H3. The average molecular weight is 240 g/mol. The quantitative estimate of drug-likeness (QED) is 0.811. The molecule has 0 saturated carbocycles. The van der Waals surface area contributed by atoms with Gasteiger partial charge in [-0.15, -0.1) is 0 Å². The number of hydrogen-bond donors (Lipinski definition) is 1. The van der Waals surface area contributed by atoms with Crippen LogP contribution in [0.2, 0.25) is 0 Å². The highest BCUT2D eigenvalue weighted by Gasteiger charge is 2.31. The van der Waals surface area contributed by atoms with Gasteiger partial charge in [0, 0.05) is 11.0 Å². The minimum absolute atomic E-state index is 0.175. The zero-order valence-corrected chi connectivity index (χ0v) is 10.6. The first-order chi connectivity index (χ1) is 7.50. The Morgan fingerprint density at radius 3 is 2.75 bits per heavy atom. The van der Waals surface area contributed by atoms with Crippen molar-refractivity contribution in [3.05, 3.63) is 34.6 Å². The molecule has 1 N–H and O–H groups in total. The van der Waals surface area contributed by atoms with Crippen LogP contribution in [0.15, 0.2) is 12.1 Å². The van der Waals surface area contributed by atoms with Gasteiger partial charge in [0.1, 0.15) is 5.82 Å². The summed E-state index contributed by atoms with van der Waals surface area (Å²) in [5.41, 5.74) is 2.84. The van der Waals surface area contributed by atoms with Gasteiger partial charge in [0.25, 0.3) is 0 Å². The minimum Gasteiger partial charge on any atom is -0.387 e. The Kier molecular flexibility index (Phi) is 3.27. The number of benzene rings is 1. The van der Waals surface area contributed by atoms with E-state index in [0.717, 1.165) is 22.4 Å². The van der Waals surface area contributed by atoms with E-state index in [9.17, 15) is 9.50 Å². The smallest absolute Gasteiger partial charge is 0.123 e. The normalized spacial score (nSPS) is 24.6. The third kappa shape index (κ3) is 1.98. The van der Waals surface area contributed by atoms with Crippen LogP contribution in [-0.4, -0.2) is 10.4 Å². The molecule has 0 amide bonds. The number of rotatable bonds is 1. The van der Waals surface area contributed by atoms with Crippen molar-refractivity contribution in [3.8, 4) is 0 Å². The molecule has 0 fully saturated rings. The number of fused-ring (bicyclic) bond motifs is 1. The molecule has 0 spiro atoms. The molecular weight excluding hydrogens is 223 g/mol. The summed E-state index contributed by atoms with van der Waals surface area (Å²) in [5.74, 6) is 1.03. The van der Waals surface area contributed by atoms with E-state index in [1.807, 2.05) is 6.92 Å². The lowest BCUT2D eigenvalue weighted by Gasteiger charge is -2.33. The molecule has 0 radical (unpaired) electrons. The van der Waals surface area contributed by atoms with Crippen molar-refractivity contribution in [2.24, 2.45) is 5.92 Å². The second-order valence-electron chi connectivity index (χ2n) is 4.75. The van der Waals surface area contributed by atoms with Crippen molar-refractivity contribution >= 4 is 11.8 Å². The molecule has 0 saturated heterocycles. The number of hydrogen-bond acceptors (Lipinski definition) is 2. The first kappa shape index (κ1) is 11.9. The Morgan fingerprint density at radius 1 is 1.44 bits per heavy atom. The molecule has 1 nitrogen and oxygen atoms in total. The van der Waals surface area contributed by atoms with Gasteiger partial charge in [0.15, 0.2) is 0 Å². The molecule has 1 aliphatic heterocycles. The van der Waals surface area contributed by atoms with Crippen LogP contribution in [0.5, 0.6) is 0 Å². The molecule has 0 bridgehead atoms. The summed E-state index contributed by atoms with van der Waals surface area (Å²) in [5, 5.41) is 10.4. The van der Waals surface area contributed by atoms with Gasteiger partial charge in [0.05, 0.1) is 6.10 Å². The van der Waals surface area contributed by atoms with Gasteiger partial charge < -0.3 is 5.11 Å². The Labute approximate surface area is 100 Å². The van der Waals surface area contributed by atoms with Crippen LogP contribution in [-0.2, 0) is 5.75 Å². The first-order valence-corrected chi connectivity index (χ1v) is 6.64. The zero-order valence-electron chi connectivity index (χ0n) is 9.83. The first-order valence-electron chi connectivity index (χ1n) is 5.59. The largest absolute Gasteiger partial charge is 0.387 e. The van der Waals surface area contributed by atoms with E-state index in [2.05, 4.69) is 13.8 Å². The summed E-state index contributed by atoms with van der Waals surface area (Å²) in [6, 6.07) is 3.03. The van der Waals surface area contributed by atoms with E-state index >= 15 is 0 Å². The third-order valence-electron chi connectivity index (χ3n) is 3.18. The molecule has 0 aromatic heterocycles. The second kappa shape index (κ2) is 4.38. The summed E-state index contributed by atoms with van der Waals surface area (Å²) in [6.07, 6.45) is -0.539. The fourth-order valence-electron chi connectivity index (χ4n) is 2.26. The summed E-state index contributed by atoms with van der Waals surface area (Å²) in [7, 11) is 0. The SMILES string of the molecule is Cc1cc(F)cc2c1CSC(C(C)C)C2O. The van der Waals surface area contributed by atoms with E-state index < -0.39 is 6.10 Å². The lowest BCUT2D eigenvalue weighted by atomic mass is 9.92. The molecule has 2 rings (SSSR count). The molecule has 2 unspecified atom stereocenters. The van der Waals surface area contributed by atoms with Gasteiger partial charge in [-0.1, -0.05) is 13.8 Å². The van der Waals surface area contributed by atoms with Gasteiger partial charge in [-0.25, -0.2) is 4.39 Å². The van der Waals surface area contributed by atoms with Crippen LogP contribution in [0.4, 0.5) is 4.39 Å². The summed E-state index contributed by atoms with van der Waals surface area (Å²) >= 11 is 1.77. The predicted molar refractivity (Wildman–Crippen MR) is 66.0 cm³/mol. The number of aryl methyl sites for hydroxylation is 1. The Balaban J connectivity index is 2.44. The molecule has 1 aliphatic rings. The molecule has 88 valence electrons. The fraction of sp³-hybridized carbons (Fsp3) is 0.538. The lowest BCUT2D eigenvalue weighted by molar-refractivity contribution is 0.155. The van der Waals surface area contributed by atoms with Crippen LogP contribution in [0, 0.1) is 18.7 Å². The molecule has 1 aromatic rings. The number of aliphatic hydroxyl groups is 1. The summed E-state index contributed by atoms with van der Waals surface area (Å²) in [6.45, 7) is 6.10. The van der Waals surface area contributed by atoms with Gasteiger partial charge in [-0.2, -0.15) is 11.8 Å². The highest BCUT2D eigenvalue weighted by Crippen LogP contribution is 2.42. The van der Waals surface area contributed by atoms with Crippen molar-refractivity contribution in [2.75, 3.05) is 0 Å². The zero-order chi connectivity index (χ0) is 11.9. The third-order valence-corrected chi connectivity index (χ3v) is 4.82. The number of aliphatic hydroxyl groups excluding tert-OH is 1. The molecule has 0 aliphatic carbocycles. The van der Waals surface area contributed by atoms with E-state index in [1.165, 1.54) is 6.07 Å². The topological polar surface area (TPSA) is 20.2 Å². The maximum Gasteiger partial charge on any atom is 0.123 e. The second-order valence-corrected chi connectivity index (χ2v) is 5.92. The summed E-state index contributed by atoms with van der Waals surface area (Å²) in [4.78, 5) is 0. The maximum absolute atomic E-state index is 13.3. The minimum atomic E-state index is -0.539. The van der Waals surface area contributed by atoms with E-state index in [0.29, 0.717) is 5.92 Å². The van der Waals surface area contributed by atoms with Gasteiger partial charge in [-0.05, 0) is 41.7 Å². The van der Waals surface area contributed by atoms with Crippen molar-refractivity contribution in [1.29, 1.82) is 0 Å². The van der Waals surface area contributed by atoms with Gasteiger partial charge >= 0.3 is 0 Å². The summed E-state index contributed by atoms with van der Waals surface area (Å²) < 4.78 is 13.3. The molecular formula is C13H17FOS. The average Bonchev–Trinajstić information content (AvgIpc) is 2.19. The molecule has 3 heteroatoms. The van der Waals surface area contributed by atoms with E-state index in [1.54, 1.807) is 17.8 Å². The fourth-order valence-corrected chi connectivity index (χ4v) is 3.73. The lowest BCUT2D eigenvalue weighted by Crippen LogP contribution is -2.26. The van der Waals surface area contributed by atoms with E-state index in [4.69, 9.17) is 0 Å². The van der Waals surface area contributed by atoms with Crippen LogP contribution < -0.4 is 0 Å². The van der Waals surface area contributed by atoms with Crippen molar-refractivity contribution < 1.29 is 9.50 Å². The maximum atomic E-state index is 13.3. The Morgan fingerprint density at radius 2 is 2.12 bits per heavy atom. The van der Waals surface area contributed by atoms with Crippen LogP contribution in [0.3, 0.4) is 0 Å².